The van der Waals surface area contributed by atoms with Gasteiger partial charge in [-0.15, -0.1) is 0 Å². The summed E-state index contributed by atoms with van der Waals surface area (Å²) in [5, 5.41) is 0. The normalized spacial score (nSPS) is 21.9. The summed E-state index contributed by atoms with van der Waals surface area (Å²) in [6.45, 7) is 3.45. The number of rotatable bonds is 5. The fourth-order valence-corrected chi connectivity index (χ4v) is 6.13. The maximum Gasteiger partial charge on any atom is 0.258 e. The fourth-order valence-electron chi connectivity index (χ4n) is 4.51. The van der Waals surface area contributed by atoms with E-state index in [0.717, 1.165) is 23.4 Å². The highest BCUT2D eigenvalue weighted by molar-refractivity contribution is 7.89. The molecule has 150 valence electrons. The van der Waals surface area contributed by atoms with Crippen LogP contribution in [-0.4, -0.2) is 43.2 Å². The Kier molecular flexibility index (Phi) is 5.05. The summed E-state index contributed by atoms with van der Waals surface area (Å²) in [5.41, 5.74) is 2.49. The van der Waals surface area contributed by atoms with Crippen LogP contribution in [0.1, 0.15) is 31.4 Å². The topological polar surface area (TPSA) is 68.6 Å². The number of nitrogens with zero attached hydrogens (tertiary/aromatic N) is 2. The summed E-state index contributed by atoms with van der Waals surface area (Å²) >= 11 is 0. The van der Waals surface area contributed by atoms with Gasteiger partial charge in [0.15, 0.2) is 0 Å². The molecule has 0 spiro atoms. The van der Waals surface area contributed by atoms with E-state index in [0.29, 0.717) is 31.6 Å². The molecule has 2 bridgehead atoms. The highest BCUT2D eigenvalue weighted by Gasteiger charge is 2.38. The molecule has 1 aromatic heterocycles. The minimum absolute atomic E-state index is 0.00207. The van der Waals surface area contributed by atoms with E-state index in [9.17, 15) is 13.2 Å². The molecule has 0 N–H and O–H groups in total. The highest BCUT2D eigenvalue weighted by atomic mass is 32.2. The van der Waals surface area contributed by atoms with Crippen LogP contribution in [0.15, 0.2) is 41.2 Å². The van der Waals surface area contributed by atoms with Crippen molar-refractivity contribution < 1.29 is 13.2 Å². The van der Waals surface area contributed by atoms with E-state index in [1.54, 1.807) is 11.4 Å². The first-order valence-electron chi connectivity index (χ1n) is 9.79. The van der Waals surface area contributed by atoms with Crippen molar-refractivity contribution in [2.45, 2.75) is 32.2 Å². The Hall–Kier alpha value is -2.12. The minimum Gasteiger partial charge on any atom is -0.497 e. The summed E-state index contributed by atoms with van der Waals surface area (Å²) < 4.78 is 33.8. The lowest BCUT2D eigenvalue weighted by Gasteiger charge is -2.42. The predicted molar refractivity (Wildman–Crippen MR) is 109 cm³/mol. The van der Waals surface area contributed by atoms with E-state index < -0.39 is 10.0 Å². The zero-order valence-corrected chi connectivity index (χ0v) is 17.1. The van der Waals surface area contributed by atoms with Gasteiger partial charge in [-0.25, -0.2) is 12.7 Å². The number of aromatic nitrogens is 1. The van der Waals surface area contributed by atoms with Crippen LogP contribution in [0.3, 0.4) is 0 Å². The SMILES string of the molecule is CCCS(=O)(=O)N1C[C@@H]2C[C@H](C1)c1ccc(-c3ccc(OC)cc3)c(=O)n1C2. The molecule has 0 aliphatic carbocycles. The summed E-state index contributed by atoms with van der Waals surface area (Å²) in [7, 11) is -1.60. The van der Waals surface area contributed by atoms with E-state index >= 15 is 0 Å². The minimum atomic E-state index is -3.21. The van der Waals surface area contributed by atoms with Gasteiger partial charge in [-0.3, -0.25) is 4.79 Å². The van der Waals surface area contributed by atoms with E-state index in [4.69, 9.17) is 4.74 Å². The zero-order valence-electron chi connectivity index (χ0n) is 16.3. The second-order valence-electron chi connectivity index (χ2n) is 7.75. The van der Waals surface area contributed by atoms with E-state index in [-0.39, 0.29) is 23.1 Å². The van der Waals surface area contributed by atoms with Gasteiger partial charge in [0.25, 0.3) is 5.56 Å². The lowest BCUT2D eigenvalue weighted by atomic mass is 9.84. The molecule has 1 aromatic carbocycles. The second-order valence-corrected chi connectivity index (χ2v) is 9.84. The molecule has 2 aromatic rings. The number of piperidine rings is 1. The first kappa shape index (κ1) is 19.2. The van der Waals surface area contributed by atoms with Crippen LogP contribution in [0.5, 0.6) is 5.75 Å². The van der Waals surface area contributed by atoms with Gasteiger partial charge in [0.05, 0.1) is 12.9 Å². The molecule has 7 heteroatoms. The maximum atomic E-state index is 13.2. The average molecular weight is 403 g/mol. The van der Waals surface area contributed by atoms with Crippen LogP contribution in [0.4, 0.5) is 0 Å². The highest BCUT2D eigenvalue weighted by Crippen LogP contribution is 2.37. The maximum absolute atomic E-state index is 13.2. The standard InChI is InChI=1S/C21H26N2O4S/c1-3-10-28(25,26)22-12-15-11-17(14-22)20-9-8-19(21(24)23(20)13-15)16-4-6-18(27-2)7-5-16/h4-9,15,17H,3,10-14H2,1-2H3/t15-,17+/m0/s1. The summed E-state index contributed by atoms with van der Waals surface area (Å²) in [6, 6.07) is 11.4. The van der Waals surface area contributed by atoms with Crippen molar-refractivity contribution in [3.63, 3.8) is 0 Å². The Morgan fingerprint density at radius 1 is 1.07 bits per heavy atom. The largest absolute Gasteiger partial charge is 0.497 e. The van der Waals surface area contributed by atoms with Crippen LogP contribution in [0, 0.1) is 5.92 Å². The van der Waals surface area contributed by atoms with E-state index in [1.807, 2.05) is 47.9 Å². The smallest absolute Gasteiger partial charge is 0.258 e. The number of sulfonamides is 1. The number of ether oxygens (including phenoxy) is 1. The molecule has 0 saturated carbocycles. The van der Waals surface area contributed by atoms with Crippen LogP contribution >= 0.6 is 0 Å². The third-order valence-electron chi connectivity index (χ3n) is 5.83. The molecule has 6 nitrogen and oxygen atoms in total. The number of methoxy groups -OCH3 is 1. The monoisotopic (exact) mass is 402 g/mol. The first-order valence-corrected chi connectivity index (χ1v) is 11.4. The van der Waals surface area contributed by atoms with Gasteiger partial charge in [0, 0.05) is 36.8 Å². The third-order valence-corrected chi connectivity index (χ3v) is 7.84. The summed E-state index contributed by atoms with van der Waals surface area (Å²) in [5.74, 6) is 1.21. The van der Waals surface area contributed by atoms with Gasteiger partial charge < -0.3 is 9.30 Å². The molecule has 2 atom stereocenters. The summed E-state index contributed by atoms with van der Waals surface area (Å²) in [4.78, 5) is 13.2. The Labute approximate surface area is 165 Å². The lowest BCUT2D eigenvalue weighted by Crippen LogP contribution is -2.49. The van der Waals surface area contributed by atoms with Crippen LogP contribution in [0.2, 0.25) is 0 Å². The third kappa shape index (κ3) is 3.37. The van der Waals surface area contributed by atoms with Gasteiger partial charge in [0.2, 0.25) is 10.0 Å². The number of fused-ring (bicyclic) bond motifs is 4. The lowest BCUT2D eigenvalue weighted by molar-refractivity contribution is 0.186. The Bertz CT molecular complexity index is 1030. The number of benzene rings is 1. The van der Waals surface area contributed by atoms with Crippen molar-refractivity contribution in [3.05, 3.63) is 52.4 Å². The second kappa shape index (κ2) is 7.37. The molecule has 2 aliphatic rings. The molecular formula is C21H26N2O4S. The first-order chi connectivity index (χ1) is 13.4. The molecular weight excluding hydrogens is 376 g/mol. The van der Waals surface area contributed by atoms with Gasteiger partial charge in [0.1, 0.15) is 5.75 Å². The fraction of sp³-hybridized carbons (Fsp3) is 0.476. The van der Waals surface area contributed by atoms with Crippen molar-refractivity contribution in [3.8, 4) is 16.9 Å². The number of hydrogen-bond acceptors (Lipinski definition) is 4. The Morgan fingerprint density at radius 2 is 1.82 bits per heavy atom. The van der Waals surface area contributed by atoms with Crippen molar-refractivity contribution in [1.82, 2.24) is 8.87 Å². The Balaban J connectivity index is 1.68. The molecule has 3 heterocycles. The molecule has 0 amide bonds. The predicted octanol–water partition coefficient (Wildman–Crippen LogP) is 2.68. The van der Waals surface area contributed by atoms with Crippen molar-refractivity contribution >= 4 is 10.0 Å². The summed E-state index contributed by atoms with van der Waals surface area (Å²) in [6.07, 6.45) is 1.56. The molecule has 0 unspecified atom stereocenters. The molecule has 28 heavy (non-hydrogen) atoms. The molecule has 2 aliphatic heterocycles. The quantitative estimate of drug-likeness (QED) is 0.771. The van der Waals surface area contributed by atoms with Gasteiger partial charge in [-0.2, -0.15) is 0 Å². The number of pyridine rings is 1. The van der Waals surface area contributed by atoms with Crippen LogP contribution in [0.25, 0.3) is 11.1 Å². The zero-order chi connectivity index (χ0) is 19.9. The molecule has 0 radical (unpaired) electrons. The molecule has 1 fully saturated rings. The van der Waals surface area contributed by atoms with Crippen molar-refractivity contribution in [2.24, 2.45) is 5.92 Å². The van der Waals surface area contributed by atoms with Crippen LogP contribution in [-0.2, 0) is 16.6 Å². The van der Waals surface area contributed by atoms with E-state index in [1.165, 1.54) is 0 Å². The molecule has 4 rings (SSSR count). The Morgan fingerprint density at radius 3 is 2.50 bits per heavy atom. The molecule has 1 saturated heterocycles. The van der Waals surface area contributed by atoms with Gasteiger partial charge in [-0.1, -0.05) is 19.1 Å². The van der Waals surface area contributed by atoms with E-state index in [2.05, 4.69) is 0 Å². The average Bonchev–Trinajstić information content (AvgIpc) is 2.69. The van der Waals surface area contributed by atoms with Gasteiger partial charge in [-0.05, 0) is 48.6 Å². The number of hydrogen-bond donors (Lipinski definition) is 0. The van der Waals surface area contributed by atoms with Crippen molar-refractivity contribution in [1.29, 1.82) is 0 Å². The van der Waals surface area contributed by atoms with Crippen molar-refractivity contribution in [2.75, 3.05) is 26.0 Å². The van der Waals surface area contributed by atoms with Crippen LogP contribution < -0.4 is 10.3 Å². The van der Waals surface area contributed by atoms with Gasteiger partial charge >= 0.3 is 0 Å².